The first-order valence-corrected chi connectivity index (χ1v) is 1.71. The second-order valence-electron chi connectivity index (χ2n) is 1.05. The second-order valence-corrected chi connectivity index (χ2v) is 1.05. The summed E-state index contributed by atoms with van der Waals surface area (Å²) in [6.45, 7) is 0. The van der Waals surface area contributed by atoms with E-state index < -0.39 is 12.0 Å². The third-order valence-corrected chi connectivity index (χ3v) is 0.418. The SMILES string of the molecule is O=C(C#CF)C(F)(F)F. The molecule has 0 aromatic carbocycles. The summed E-state index contributed by atoms with van der Waals surface area (Å²) in [4.78, 5) is 9.53. The molecule has 0 spiro atoms. The van der Waals surface area contributed by atoms with E-state index in [2.05, 4.69) is 0 Å². The highest BCUT2D eigenvalue weighted by molar-refractivity contribution is 5.99. The Morgan fingerprint density at radius 2 is 1.78 bits per heavy atom. The molecule has 9 heavy (non-hydrogen) atoms. The Hall–Kier alpha value is -1.05. The van der Waals surface area contributed by atoms with Gasteiger partial charge in [0.1, 0.15) is 6.17 Å². The number of carbonyl (C=O) groups is 1. The van der Waals surface area contributed by atoms with Crippen molar-refractivity contribution in [3.8, 4) is 12.1 Å². The van der Waals surface area contributed by atoms with Gasteiger partial charge in [0.15, 0.2) is 0 Å². The summed E-state index contributed by atoms with van der Waals surface area (Å²) in [6.07, 6.45) is -4.69. The number of hydrogen-bond donors (Lipinski definition) is 0. The lowest BCUT2D eigenvalue weighted by Gasteiger charge is -1.94. The summed E-state index contributed by atoms with van der Waals surface area (Å²) < 4.78 is 43.7. The van der Waals surface area contributed by atoms with Crippen LogP contribution < -0.4 is 0 Å². The molecule has 0 aliphatic heterocycles. The highest BCUT2D eigenvalue weighted by Gasteiger charge is 2.37. The highest BCUT2D eigenvalue weighted by Crippen LogP contribution is 2.14. The minimum absolute atomic E-state index is 0.354. The highest BCUT2D eigenvalue weighted by atomic mass is 19.4. The van der Waals surface area contributed by atoms with E-state index in [9.17, 15) is 22.4 Å². The zero-order valence-corrected chi connectivity index (χ0v) is 3.92. The predicted octanol–water partition coefficient (Wildman–Crippen LogP) is 1.05. The normalized spacial score (nSPS) is 9.78. The Balaban J connectivity index is 4.17. The third kappa shape index (κ3) is 2.69. The van der Waals surface area contributed by atoms with Crippen molar-refractivity contribution in [2.75, 3.05) is 0 Å². The fraction of sp³-hybridized carbons (Fsp3) is 0.250. The summed E-state index contributed by atoms with van der Waals surface area (Å²) in [5, 5.41) is 0. The Labute approximate surface area is 47.7 Å². The van der Waals surface area contributed by atoms with Gasteiger partial charge in [0, 0.05) is 5.92 Å². The van der Waals surface area contributed by atoms with Crippen molar-refractivity contribution in [3.63, 3.8) is 0 Å². The summed E-state index contributed by atoms with van der Waals surface area (Å²) in [7, 11) is 0. The molecule has 0 unspecified atom stereocenters. The molecule has 0 heterocycles. The van der Waals surface area contributed by atoms with Gasteiger partial charge in [-0.05, 0) is 0 Å². The topological polar surface area (TPSA) is 17.1 Å². The van der Waals surface area contributed by atoms with Crippen molar-refractivity contribution in [3.05, 3.63) is 0 Å². The molecule has 0 atom stereocenters. The summed E-state index contributed by atoms with van der Waals surface area (Å²) >= 11 is 0. The number of halogens is 4. The van der Waals surface area contributed by atoms with Crippen molar-refractivity contribution < 1.29 is 22.4 Å². The minimum Gasteiger partial charge on any atom is -0.274 e. The first-order valence-electron chi connectivity index (χ1n) is 1.71. The van der Waals surface area contributed by atoms with Crippen LogP contribution in [0.5, 0.6) is 0 Å². The van der Waals surface area contributed by atoms with Crippen molar-refractivity contribution in [1.29, 1.82) is 0 Å². The number of hydrogen-bond acceptors (Lipinski definition) is 1. The van der Waals surface area contributed by atoms with Crippen molar-refractivity contribution >= 4 is 5.78 Å². The molecule has 0 amide bonds. The quantitative estimate of drug-likeness (QED) is 0.363. The minimum atomic E-state index is -5.04. The molecule has 0 N–H and O–H groups in total. The van der Waals surface area contributed by atoms with E-state index in [1.165, 1.54) is 0 Å². The molecule has 0 saturated carbocycles. The van der Waals surface area contributed by atoms with E-state index in [1.807, 2.05) is 0 Å². The van der Waals surface area contributed by atoms with Gasteiger partial charge in [-0.3, -0.25) is 4.79 Å². The largest absolute Gasteiger partial charge is 0.463 e. The summed E-state index contributed by atoms with van der Waals surface area (Å²) in [5.74, 6) is -1.67. The Bertz CT molecular complexity index is 169. The molecule has 5 heteroatoms. The Morgan fingerprint density at radius 1 is 1.33 bits per heavy atom. The van der Waals surface area contributed by atoms with E-state index in [-0.39, 0.29) is 0 Å². The Morgan fingerprint density at radius 3 is 1.89 bits per heavy atom. The van der Waals surface area contributed by atoms with Crippen LogP contribution in [-0.2, 0) is 4.79 Å². The van der Waals surface area contributed by atoms with Gasteiger partial charge in [0.05, 0.1) is 0 Å². The van der Waals surface area contributed by atoms with Crippen LogP contribution in [0.2, 0.25) is 0 Å². The average molecular weight is 140 g/mol. The molecular weight excluding hydrogens is 140 g/mol. The maximum absolute atomic E-state index is 11.0. The maximum atomic E-state index is 11.0. The lowest BCUT2D eigenvalue weighted by Crippen LogP contribution is -2.20. The molecule has 0 saturated heterocycles. The van der Waals surface area contributed by atoms with Gasteiger partial charge in [-0.25, -0.2) is 0 Å². The van der Waals surface area contributed by atoms with Crippen LogP contribution in [0.4, 0.5) is 17.6 Å². The number of alkyl halides is 3. The van der Waals surface area contributed by atoms with Crippen molar-refractivity contribution in [2.24, 2.45) is 0 Å². The van der Waals surface area contributed by atoms with Crippen LogP contribution in [0, 0.1) is 12.1 Å². The smallest absolute Gasteiger partial charge is 0.274 e. The molecule has 0 rings (SSSR count). The fourth-order valence-electron chi connectivity index (χ4n) is 0.114. The average Bonchev–Trinajstić information content (AvgIpc) is 1.64. The van der Waals surface area contributed by atoms with E-state index in [0.717, 1.165) is 0 Å². The van der Waals surface area contributed by atoms with Crippen LogP contribution >= 0.6 is 0 Å². The van der Waals surface area contributed by atoms with E-state index in [1.54, 1.807) is 0 Å². The van der Waals surface area contributed by atoms with Crippen molar-refractivity contribution in [2.45, 2.75) is 6.18 Å². The molecule has 0 bridgehead atoms. The van der Waals surface area contributed by atoms with E-state index in [4.69, 9.17) is 0 Å². The van der Waals surface area contributed by atoms with Gasteiger partial charge in [-0.15, -0.1) is 4.39 Å². The molecular formula is C4F4O. The molecule has 0 aromatic rings. The fourth-order valence-corrected chi connectivity index (χ4v) is 0.114. The van der Waals surface area contributed by atoms with Crippen LogP contribution in [0.25, 0.3) is 0 Å². The van der Waals surface area contributed by atoms with Gasteiger partial charge in [-0.1, -0.05) is 0 Å². The molecule has 0 radical (unpaired) electrons. The number of carbonyl (C=O) groups excluding carboxylic acids is 1. The van der Waals surface area contributed by atoms with E-state index >= 15 is 0 Å². The van der Waals surface area contributed by atoms with Gasteiger partial charge in [-0.2, -0.15) is 13.2 Å². The lowest BCUT2D eigenvalue weighted by molar-refractivity contribution is -0.164. The van der Waals surface area contributed by atoms with Crippen molar-refractivity contribution in [1.82, 2.24) is 0 Å². The summed E-state index contributed by atoms with van der Waals surface area (Å²) in [5.41, 5.74) is 0. The van der Waals surface area contributed by atoms with Crippen LogP contribution in [-0.4, -0.2) is 12.0 Å². The molecule has 50 valence electrons. The standard InChI is InChI=1S/C4F4O/c5-2-1-3(9)4(6,7)8. The lowest BCUT2D eigenvalue weighted by atomic mass is 10.4. The number of ketones is 1. The second kappa shape index (κ2) is 2.49. The van der Waals surface area contributed by atoms with Gasteiger partial charge in [0.2, 0.25) is 0 Å². The van der Waals surface area contributed by atoms with Gasteiger partial charge < -0.3 is 0 Å². The van der Waals surface area contributed by atoms with Crippen LogP contribution in [0.3, 0.4) is 0 Å². The monoisotopic (exact) mass is 140 g/mol. The number of Topliss-reactive ketones (excluding diaryl/α,β-unsaturated/α-hetero) is 1. The first kappa shape index (κ1) is 7.95. The molecule has 0 fully saturated rings. The Kier molecular flexibility index (Phi) is 2.20. The first-order chi connectivity index (χ1) is 3.98. The van der Waals surface area contributed by atoms with Gasteiger partial charge in [0.25, 0.3) is 0 Å². The zero-order valence-electron chi connectivity index (χ0n) is 3.92. The summed E-state index contributed by atoms with van der Waals surface area (Å²) in [6, 6.07) is 0. The van der Waals surface area contributed by atoms with Crippen LogP contribution in [0.15, 0.2) is 0 Å². The van der Waals surface area contributed by atoms with Crippen LogP contribution in [0.1, 0.15) is 0 Å². The molecule has 1 nitrogen and oxygen atoms in total. The number of rotatable bonds is 0. The molecule has 0 aliphatic carbocycles. The molecule has 0 aliphatic rings. The third-order valence-electron chi connectivity index (χ3n) is 0.418. The predicted molar refractivity (Wildman–Crippen MR) is 19.9 cm³/mol. The zero-order chi connectivity index (χ0) is 7.49. The van der Waals surface area contributed by atoms with Gasteiger partial charge >= 0.3 is 12.0 Å². The van der Waals surface area contributed by atoms with E-state index in [0.29, 0.717) is 12.1 Å². The molecule has 0 aromatic heterocycles. The maximum Gasteiger partial charge on any atom is 0.463 e.